The summed E-state index contributed by atoms with van der Waals surface area (Å²) in [4.78, 5) is 19.0. The van der Waals surface area contributed by atoms with Crippen molar-refractivity contribution in [3.63, 3.8) is 0 Å². The highest BCUT2D eigenvalue weighted by molar-refractivity contribution is 5.78. The third-order valence-electron chi connectivity index (χ3n) is 5.36. The normalized spacial score (nSPS) is 15.8. The van der Waals surface area contributed by atoms with Crippen molar-refractivity contribution in [1.29, 1.82) is 0 Å². The first-order valence-corrected chi connectivity index (χ1v) is 9.61. The maximum absolute atomic E-state index is 12.2. The molecule has 0 unspecified atom stereocenters. The second-order valence-electron chi connectivity index (χ2n) is 7.57. The van der Waals surface area contributed by atoms with Gasteiger partial charge in [-0.15, -0.1) is 0 Å². The molecule has 3 rings (SSSR count). The van der Waals surface area contributed by atoms with Gasteiger partial charge in [-0.2, -0.15) is 0 Å². The van der Waals surface area contributed by atoms with E-state index in [1.807, 2.05) is 32.9 Å². The third-order valence-corrected chi connectivity index (χ3v) is 5.36. The van der Waals surface area contributed by atoms with Crippen molar-refractivity contribution in [2.75, 3.05) is 19.6 Å². The van der Waals surface area contributed by atoms with Gasteiger partial charge in [0.25, 0.3) is 0 Å². The molecular weight excluding hydrogens is 342 g/mol. The van der Waals surface area contributed by atoms with Gasteiger partial charge in [-0.1, -0.05) is 12.1 Å². The van der Waals surface area contributed by atoms with Gasteiger partial charge in [0, 0.05) is 6.54 Å². The summed E-state index contributed by atoms with van der Waals surface area (Å²) in [5.74, 6) is 2.43. The first-order chi connectivity index (χ1) is 12.9. The third kappa shape index (κ3) is 5.32. The van der Waals surface area contributed by atoms with Gasteiger partial charge >= 0.3 is 0 Å². The smallest absolute Gasteiger partial charge is 0.224 e. The van der Waals surface area contributed by atoms with E-state index >= 15 is 0 Å². The van der Waals surface area contributed by atoms with E-state index in [0.717, 1.165) is 60.9 Å². The summed E-state index contributed by atoms with van der Waals surface area (Å²) in [5, 5.41) is 12.8. The summed E-state index contributed by atoms with van der Waals surface area (Å²) in [6.07, 6.45) is 2.42. The molecule has 1 aliphatic heterocycles. The zero-order chi connectivity index (χ0) is 19.4. The molecule has 2 aromatic rings. The number of phenols is 1. The number of aryl methyl sites for hydroxylation is 3. The molecule has 27 heavy (non-hydrogen) atoms. The van der Waals surface area contributed by atoms with Gasteiger partial charge in [-0.3, -0.25) is 9.69 Å². The van der Waals surface area contributed by atoms with Gasteiger partial charge in [-0.25, -0.2) is 4.98 Å². The largest absolute Gasteiger partial charge is 0.508 e. The monoisotopic (exact) mass is 371 g/mol. The first-order valence-electron chi connectivity index (χ1n) is 9.61. The number of carbonyl (C=O) groups is 1. The number of hydrogen-bond acceptors (Lipinski definition) is 5. The molecule has 0 saturated carbocycles. The van der Waals surface area contributed by atoms with Crippen LogP contribution < -0.4 is 5.32 Å². The standard InChI is InChI=1S/C21H29N3O3/c1-14-4-5-18(10-19(14)25)11-20(26)22-12-17-6-8-24(9-7-17)13-21-23-15(2)16(3)27-21/h4-5,10,17,25H,6-9,11-13H2,1-3H3,(H,22,26). The molecule has 0 spiro atoms. The second-order valence-corrected chi connectivity index (χ2v) is 7.57. The first kappa shape index (κ1) is 19.4. The number of oxazole rings is 1. The summed E-state index contributed by atoms with van der Waals surface area (Å²) >= 11 is 0. The highest BCUT2D eigenvalue weighted by Crippen LogP contribution is 2.20. The van der Waals surface area contributed by atoms with Gasteiger partial charge in [-0.05, 0) is 69.8 Å². The number of hydrogen-bond donors (Lipinski definition) is 2. The molecule has 1 fully saturated rings. The Morgan fingerprint density at radius 3 is 2.67 bits per heavy atom. The number of amides is 1. The Kier molecular flexibility index (Phi) is 6.16. The molecule has 1 saturated heterocycles. The summed E-state index contributed by atoms with van der Waals surface area (Å²) in [6, 6.07) is 5.39. The Morgan fingerprint density at radius 2 is 2.04 bits per heavy atom. The van der Waals surface area contributed by atoms with Crippen molar-refractivity contribution >= 4 is 5.91 Å². The lowest BCUT2D eigenvalue weighted by Crippen LogP contribution is -2.38. The van der Waals surface area contributed by atoms with E-state index in [-0.39, 0.29) is 11.7 Å². The predicted molar refractivity (Wildman–Crippen MR) is 104 cm³/mol. The van der Waals surface area contributed by atoms with Crippen molar-refractivity contribution in [3.05, 3.63) is 46.7 Å². The fourth-order valence-corrected chi connectivity index (χ4v) is 3.42. The number of phenolic OH excluding ortho intramolecular Hbond substituents is 1. The van der Waals surface area contributed by atoms with Crippen LogP contribution in [0.2, 0.25) is 0 Å². The molecule has 6 heteroatoms. The molecule has 1 aliphatic rings. The maximum Gasteiger partial charge on any atom is 0.224 e. The van der Waals surface area contributed by atoms with Gasteiger partial charge in [0.15, 0.2) is 0 Å². The Labute approximate surface area is 160 Å². The van der Waals surface area contributed by atoms with E-state index in [1.165, 1.54) is 0 Å². The van der Waals surface area contributed by atoms with Crippen molar-refractivity contribution in [2.45, 2.75) is 46.6 Å². The topological polar surface area (TPSA) is 78.6 Å². The van der Waals surface area contributed by atoms with Crippen molar-refractivity contribution in [2.24, 2.45) is 5.92 Å². The quantitative estimate of drug-likeness (QED) is 0.816. The van der Waals surface area contributed by atoms with Crippen LogP contribution in [0.4, 0.5) is 0 Å². The van der Waals surface area contributed by atoms with Crippen LogP contribution in [0.15, 0.2) is 22.6 Å². The Bertz CT molecular complexity index is 772. The van der Waals surface area contributed by atoms with Crippen LogP contribution >= 0.6 is 0 Å². The lowest BCUT2D eigenvalue weighted by atomic mass is 9.96. The lowest BCUT2D eigenvalue weighted by Gasteiger charge is -2.31. The zero-order valence-corrected chi connectivity index (χ0v) is 16.4. The number of aromatic hydroxyl groups is 1. The number of nitrogens with zero attached hydrogens (tertiary/aromatic N) is 2. The van der Waals surface area contributed by atoms with E-state index in [2.05, 4.69) is 15.2 Å². The molecule has 2 N–H and O–H groups in total. The van der Waals surface area contributed by atoms with Crippen LogP contribution in [0.5, 0.6) is 5.75 Å². The van der Waals surface area contributed by atoms with Crippen LogP contribution in [-0.4, -0.2) is 40.5 Å². The number of aromatic nitrogens is 1. The molecule has 0 aliphatic carbocycles. The zero-order valence-electron chi connectivity index (χ0n) is 16.4. The predicted octanol–water partition coefficient (Wildman–Crippen LogP) is 2.88. The lowest BCUT2D eigenvalue weighted by molar-refractivity contribution is -0.120. The molecule has 1 aromatic heterocycles. The van der Waals surface area contributed by atoms with E-state index < -0.39 is 0 Å². The number of nitrogens with one attached hydrogen (secondary N) is 1. The molecule has 0 radical (unpaired) electrons. The molecular formula is C21H29N3O3. The summed E-state index contributed by atoms with van der Waals surface area (Å²) in [5.41, 5.74) is 2.62. The van der Waals surface area contributed by atoms with Crippen molar-refractivity contribution < 1.29 is 14.3 Å². The van der Waals surface area contributed by atoms with E-state index in [9.17, 15) is 9.90 Å². The Morgan fingerprint density at radius 1 is 1.30 bits per heavy atom. The van der Waals surface area contributed by atoms with Crippen LogP contribution in [0, 0.1) is 26.7 Å². The summed E-state index contributed by atoms with van der Waals surface area (Å²) in [7, 11) is 0. The van der Waals surface area contributed by atoms with Crippen LogP contribution in [0.25, 0.3) is 0 Å². The molecule has 2 heterocycles. The Hall–Kier alpha value is -2.34. The van der Waals surface area contributed by atoms with Gasteiger partial charge < -0.3 is 14.8 Å². The fourth-order valence-electron chi connectivity index (χ4n) is 3.42. The number of benzene rings is 1. The van der Waals surface area contributed by atoms with Crippen LogP contribution in [0.3, 0.4) is 0 Å². The Balaban J connectivity index is 1.38. The maximum atomic E-state index is 12.2. The fraction of sp³-hybridized carbons (Fsp3) is 0.524. The van der Waals surface area contributed by atoms with Crippen LogP contribution in [-0.2, 0) is 17.8 Å². The molecule has 0 atom stereocenters. The molecule has 6 nitrogen and oxygen atoms in total. The van der Waals surface area contributed by atoms with E-state index in [0.29, 0.717) is 18.9 Å². The average Bonchev–Trinajstić information content (AvgIpc) is 2.95. The molecule has 146 valence electrons. The minimum atomic E-state index is 0.00594. The van der Waals surface area contributed by atoms with E-state index in [1.54, 1.807) is 6.07 Å². The number of likely N-dealkylation sites (tertiary alicyclic amines) is 1. The molecule has 1 aromatic carbocycles. The molecule has 0 bridgehead atoms. The van der Waals surface area contributed by atoms with Gasteiger partial charge in [0.2, 0.25) is 11.8 Å². The SMILES string of the molecule is Cc1ccc(CC(=O)NCC2CCN(Cc3nc(C)c(C)o3)CC2)cc1O. The van der Waals surface area contributed by atoms with Gasteiger partial charge in [0.05, 0.1) is 18.7 Å². The van der Waals surface area contributed by atoms with E-state index in [4.69, 9.17) is 4.42 Å². The van der Waals surface area contributed by atoms with Crippen LogP contribution in [0.1, 0.15) is 41.3 Å². The minimum absolute atomic E-state index is 0.00594. The average molecular weight is 371 g/mol. The molecule has 1 amide bonds. The number of carbonyl (C=O) groups excluding carboxylic acids is 1. The number of rotatable bonds is 6. The van der Waals surface area contributed by atoms with Crippen molar-refractivity contribution in [1.82, 2.24) is 15.2 Å². The minimum Gasteiger partial charge on any atom is -0.508 e. The highest BCUT2D eigenvalue weighted by Gasteiger charge is 2.21. The van der Waals surface area contributed by atoms with Crippen molar-refractivity contribution in [3.8, 4) is 5.75 Å². The summed E-state index contributed by atoms with van der Waals surface area (Å²) < 4.78 is 5.67. The summed E-state index contributed by atoms with van der Waals surface area (Å²) in [6.45, 7) is 9.20. The van der Waals surface area contributed by atoms with Gasteiger partial charge in [0.1, 0.15) is 11.5 Å². The number of piperidine rings is 1. The second kappa shape index (κ2) is 8.57. The highest BCUT2D eigenvalue weighted by atomic mass is 16.4.